The molecule has 0 radical (unpaired) electrons. The molecule has 0 heterocycles. The molecule has 0 N–H and O–H groups in total. The molecule has 0 amide bonds. The van der Waals surface area contributed by atoms with Gasteiger partial charge in [0.25, 0.3) is 0 Å². The molecule has 0 aliphatic carbocycles. The number of hydrogen-bond acceptors (Lipinski definition) is 1. The molecule has 2 rings (SSSR count). The summed E-state index contributed by atoms with van der Waals surface area (Å²) < 4.78 is 0. The summed E-state index contributed by atoms with van der Waals surface area (Å²) in [5.74, 6) is 0. The Labute approximate surface area is 108 Å². The van der Waals surface area contributed by atoms with Crippen LogP contribution in [0.3, 0.4) is 0 Å². The maximum Gasteiger partial charge on any atom is 0.150 e. The molecule has 0 unspecified atom stereocenters. The van der Waals surface area contributed by atoms with Crippen molar-refractivity contribution >= 4 is 12.4 Å². The van der Waals surface area contributed by atoms with Gasteiger partial charge in [-0.1, -0.05) is 61.5 Å². The fourth-order valence-corrected chi connectivity index (χ4v) is 1.83. The first kappa shape index (κ1) is 12.3. The van der Waals surface area contributed by atoms with E-state index in [1.807, 2.05) is 24.3 Å². The van der Waals surface area contributed by atoms with Gasteiger partial charge < -0.3 is 0 Å². The Morgan fingerprint density at radius 1 is 0.944 bits per heavy atom. The van der Waals surface area contributed by atoms with Gasteiger partial charge in [0, 0.05) is 5.56 Å². The normalized spacial score (nSPS) is 10.7. The van der Waals surface area contributed by atoms with Gasteiger partial charge in [-0.05, 0) is 29.2 Å². The van der Waals surface area contributed by atoms with Crippen LogP contribution in [-0.2, 0) is 0 Å². The van der Waals surface area contributed by atoms with Crippen molar-refractivity contribution in [3.05, 3.63) is 65.7 Å². The first-order valence-electron chi connectivity index (χ1n) is 6.15. The van der Waals surface area contributed by atoms with Crippen LogP contribution in [0.25, 0.3) is 17.2 Å². The molecule has 2 aromatic carbocycles. The van der Waals surface area contributed by atoms with Crippen molar-refractivity contribution in [1.29, 1.82) is 0 Å². The van der Waals surface area contributed by atoms with Gasteiger partial charge in [-0.3, -0.25) is 4.79 Å². The minimum absolute atomic E-state index is 0.709. The Morgan fingerprint density at radius 2 is 1.72 bits per heavy atom. The van der Waals surface area contributed by atoms with E-state index in [4.69, 9.17) is 0 Å². The number of rotatable bonds is 4. The molecule has 0 aliphatic rings. The smallest absolute Gasteiger partial charge is 0.150 e. The molecular formula is C17H16O. The average molecular weight is 236 g/mol. The second kappa shape index (κ2) is 5.97. The van der Waals surface area contributed by atoms with E-state index in [9.17, 15) is 4.79 Å². The molecule has 0 saturated heterocycles. The van der Waals surface area contributed by atoms with Gasteiger partial charge in [-0.15, -0.1) is 0 Å². The molecule has 0 aliphatic heterocycles. The highest BCUT2D eigenvalue weighted by atomic mass is 16.1. The lowest BCUT2D eigenvalue weighted by molar-refractivity contribution is 0.112. The molecular weight excluding hydrogens is 220 g/mol. The molecule has 90 valence electrons. The minimum atomic E-state index is 0.709. The van der Waals surface area contributed by atoms with Crippen LogP contribution in [-0.4, -0.2) is 6.29 Å². The summed E-state index contributed by atoms with van der Waals surface area (Å²) in [6.07, 6.45) is 6.18. The van der Waals surface area contributed by atoms with Crippen molar-refractivity contribution in [2.45, 2.75) is 13.3 Å². The lowest BCUT2D eigenvalue weighted by Gasteiger charge is -2.03. The predicted octanol–water partition coefficient (Wildman–Crippen LogP) is 4.59. The van der Waals surface area contributed by atoms with E-state index in [1.165, 1.54) is 11.1 Å². The Morgan fingerprint density at radius 3 is 2.39 bits per heavy atom. The van der Waals surface area contributed by atoms with Crippen molar-refractivity contribution in [3.63, 3.8) is 0 Å². The minimum Gasteiger partial charge on any atom is -0.298 e. The van der Waals surface area contributed by atoms with Gasteiger partial charge in [-0.2, -0.15) is 0 Å². The monoisotopic (exact) mass is 236 g/mol. The van der Waals surface area contributed by atoms with E-state index in [-0.39, 0.29) is 0 Å². The van der Waals surface area contributed by atoms with Gasteiger partial charge in [0.1, 0.15) is 6.29 Å². The summed E-state index contributed by atoms with van der Waals surface area (Å²) in [6, 6.07) is 16.0. The summed E-state index contributed by atoms with van der Waals surface area (Å²) in [5, 5.41) is 0. The predicted molar refractivity (Wildman–Crippen MR) is 76.6 cm³/mol. The van der Waals surface area contributed by atoms with Crippen LogP contribution < -0.4 is 0 Å². The molecule has 2 aromatic rings. The standard InChI is InChI=1S/C17H16O/c1-2-3-5-14-6-4-7-17(12-14)16-10-8-15(13-18)9-11-16/h3-13H,2H2,1H3/b5-3+. The van der Waals surface area contributed by atoms with Crippen LogP contribution in [0.4, 0.5) is 0 Å². The number of benzene rings is 2. The van der Waals surface area contributed by atoms with Crippen LogP contribution in [0.1, 0.15) is 29.3 Å². The molecule has 18 heavy (non-hydrogen) atoms. The first-order chi connectivity index (χ1) is 8.83. The highest BCUT2D eigenvalue weighted by Crippen LogP contribution is 2.21. The molecule has 1 heteroatoms. The summed E-state index contributed by atoms with van der Waals surface area (Å²) in [7, 11) is 0. The third-order valence-corrected chi connectivity index (χ3v) is 2.81. The van der Waals surface area contributed by atoms with Crippen LogP contribution in [0.15, 0.2) is 54.6 Å². The topological polar surface area (TPSA) is 17.1 Å². The van der Waals surface area contributed by atoms with Gasteiger partial charge in [-0.25, -0.2) is 0 Å². The quantitative estimate of drug-likeness (QED) is 0.709. The second-order valence-electron chi connectivity index (χ2n) is 4.18. The maximum atomic E-state index is 10.6. The molecule has 0 fully saturated rings. The van der Waals surface area contributed by atoms with Crippen molar-refractivity contribution < 1.29 is 4.79 Å². The van der Waals surface area contributed by atoms with E-state index < -0.39 is 0 Å². The zero-order chi connectivity index (χ0) is 12.8. The average Bonchev–Trinajstić information content (AvgIpc) is 2.45. The van der Waals surface area contributed by atoms with Crippen LogP contribution >= 0.6 is 0 Å². The number of aldehydes is 1. The Balaban J connectivity index is 2.31. The largest absolute Gasteiger partial charge is 0.298 e. The lowest BCUT2D eigenvalue weighted by atomic mass is 10.0. The first-order valence-corrected chi connectivity index (χ1v) is 6.15. The van der Waals surface area contributed by atoms with E-state index in [0.717, 1.165) is 18.3 Å². The lowest BCUT2D eigenvalue weighted by Crippen LogP contribution is -1.82. The van der Waals surface area contributed by atoms with Crippen LogP contribution in [0.5, 0.6) is 0 Å². The van der Waals surface area contributed by atoms with E-state index in [2.05, 4.69) is 43.3 Å². The molecule has 0 atom stereocenters. The number of hydrogen-bond donors (Lipinski definition) is 0. The van der Waals surface area contributed by atoms with E-state index in [0.29, 0.717) is 5.56 Å². The summed E-state index contributed by atoms with van der Waals surface area (Å²) in [4.78, 5) is 10.6. The zero-order valence-electron chi connectivity index (χ0n) is 10.5. The van der Waals surface area contributed by atoms with Crippen molar-refractivity contribution in [1.82, 2.24) is 0 Å². The van der Waals surface area contributed by atoms with E-state index in [1.54, 1.807) is 0 Å². The summed E-state index contributed by atoms with van der Waals surface area (Å²) >= 11 is 0. The number of allylic oxidation sites excluding steroid dienone is 1. The molecule has 0 saturated carbocycles. The van der Waals surface area contributed by atoms with E-state index >= 15 is 0 Å². The van der Waals surface area contributed by atoms with Crippen molar-refractivity contribution in [3.8, 4) is 11.1 Å². The molecule has 0 aromatic heterocycles. The van der Waals surface area contributed by atoms with Crippen LogP contribution in [0.2, 0.25) is 0 Å². The fourth-order valence-electron chi connectivity index (χ4n) is 1.83. The highest BCUT2D eigenvalue weighted by Gasteiger charge is 1.98. The Bertz CT molecular complexity index is 550. The third-order valence-electron chi connectivity index (χ3n) is 2.81. The van der Waals surface area contributed by atoms with Gasteiger partial charge in [0.15, 0.2) is 0 Å². The number of carbonyl (C=O) groups excluding carboxylic acids is 1. The second-order valence-corrected chi connectivity index (χ2v) is 4.18. The summed E-state index contributed by atoms with van der Waals surface area (Å²) in [6.45, 7) is 2.12. The summed E-state index contributed by atoms with van der Waals surface area (Å²) in [5.41, 5.74) is 4.22. The maximum absolute atomic E-state index is 10.6. The fraction of sp³-hybridized carbons (Fsp3) is 0.118. The molecule has 0 bridgehead atoms. The number of carbonyl (C=O) groups is 1. The SMILES string of the molecule is CC/C=C/c1cccc(-c2ccc(C=O)cc2)c1. The van der Waals surface area contributed by atoms with Gasteiger partial charge in [0.2, 0.25) is 0 Å². The van der Waals surface area contributed by atoms with Gasteiger partial charge >= 0.3 is 0 Å². The Kier molecular flexibility index (Phi) is 4.08. The zero-order valence-corrected chi connectivity index (χ0v) is 10.5. The van der Waals surface area contributed by atoms with Gasteiger partial charge in [0.05, 0.1) is 0 Å². The Hall–Kier alpha value is -2.15. The highest BCUT2D eigenvalue weighted by molar-refractivity contribution is 5.77. The third kappa shape index (κ3) is 2.95. The van der Waals surface area contributed by atoms with Crippen LogP contribution in [0, 0.1) is 0 Å². The van der Waals surface area contributed by atoms with Crippen molar-refractivity contribution in [2.75, 3.05) is 0 Å². The molecule has 0 spiro atoms. The molecule has 1 nitrogen and oxygen atoms in total. The van der Waals surface area contributed by atoms with Crippen molar-refractivity contribution in [2.24, 2.45) is 0 Å².